The number of benzene rings is 1. The van der Waals surface area contributed by atoms with E-state index in [1.165, 1.54) is 5.56 Å². The summed E-state index contributed by atoms with van der Waals surface area (Å²) < 4.78 is 0. The quantitative estimate of drug-likeness (QED) is 0.878. The molecule has 2 rings (SSSR count). The molecule has 3 atom stereocenters. The molecule has 1 fully saturated rings. The third-order valence-electron chi connectivity index (χ3n) is 4.06. The monoisotopic (exact) mass is 260 g/mol. The van der Waals surface area contributed by atoms with Gasteiger partial charge in [-0.05, 0) is 32.3 Å². The predicted molar refractivity (Wildman–Crippen MR) is 77.7 cm³/mol. The van der Waals surface area contributed by atoms with Gasteiger partial charge in [-0.25, -0.2) is 0 Å². The molecule has 0 spiro atoms. The lowest BCUT2D eigenvalue weighted by Crippen LogP contribution is -2.44. The van der Waals surface area contributed by atoms with Gasteiger partial charge in [0.2, 0.25) is 5.91 Å². The molecule has 1 aromatic carbocycles. The van der Waals surface area contributed by atoms with Gasteiger partial charge in [0.15, 0.2) is 0 Å². The van der Waals surface area contributed by atoms with Gasteiger partial charge in [0.25, 0.3) is 0 Å². The minimum absolute atomic E-state index is 0.0130. The first-order valence-corrected chi connectivity index (χ1v) is 7.20. The fourth-order valence-corrected chi connectivity index (χ4v) is 2.83. The first-order valence-electron chi connectivity index (χ1n) is 7.20. The van der Waals surface area contributed by atoms with Crippen LogP contribution in [-0.4, -0.2) is 11.9 Å². The maximum absolute atomic E-state index is 12.3. The molecule has 0 saturated heterocycles. The summed E-state index contributed by atoms with van der Waals surface area (Å²) in [4.78, 5) is 12.3. The third-order valence-corrected chi connectivity index (χ3v) is 4.06. The summed E-state index contributed by atoms with van der Waals surface area (Å²) in [6.45, 7) is 4.09. The first-order chi connectivity index (χ1) is 9.08. The van der Waals surface area contributed by atoms with Gasteiger partial charge < -0.3 is 11.1 Å². The van der Waals surface area contributed by atoms with E-state index < -0.39 is 0 Å². The fourth-order valence-electron chi connectivity index (χ4n) is 2.83. The van der Waals surface area contributed by atoms with E-state index in [4.69, 9.17) is 5.73 Å². The van der Waals surface area contributed by atoms with Gasteiger partial charge in [-0.15, -0.1) is 0 Å². The zero-order valence-corrected chi connectivity index (χ0v) is 11.9. The molecule has 0 aromatic heterocycles. The van der Waals surface area contributed by atoms with Crippen LogP contribution in [0.4, 0.5) is 0 Å². The summed E-state index contributed by atoms with van der Waals surface area (Å²) in [5.74, 6) is 0.0993. The van der Waals surface area contributed by atoms with E-state index in [1.54, 1.807) is 0 Å². The third kappa shape index (κ3) is 3.57. The Labute approximate surface area is 115 Å². The van der Waals surface area contributed by atoms with Crippen molar-refractivity contribution in [1.29, 1.82) is 0 Å². The topological polar surface area (TPSA) is 55.1 Å². The molecule has 0 heterocycles. The Morgan fingerprint density at radius 3 is 2.79 bits per heavy atom. The molecular formula is C16H24N2O. The second kappa shape index (κ2) is 6.20. The van der Waals surface area contributed by atoms with Crippen LogP contribution in [0.15, 0.2) is 24.3 Å². The number of hydrogen-bond acceptors (Lipinski definition) is 2. The second-order valence-electron chi connectivity index (χ2n) is 5.70. The van der Waals surface area contributed by atoms with Crippen molar-refractivity contribution in [2.24, 2.45) is 11.7 Å². The van der Waals surface area contributed by atoms with Crippen LogP contribution >= 0.6 is 0 Å². The van der Waals surface area contributed by atoms with Crippen molar-refractivity contribution in [2.75, 3.05) is 0 Å². The van der Waals surface area contributed by atoms with Crippen LogP contribution in [0.3, 0.4) is 0 Å². The van der Waals surface area contributed by atoms with E-state index >= 15 is 0 Å². The van der Waals surface area contributed by atoms with E-state index in [9.17, 15) is 4.79 Å². The summed E-state index contributed by atoms with van der Waals surface area (Å²) >= 11 is 0. The Bertz CT molecular complexity index is 444. The molecule has 0 bridgehead atoms. The van der Waals surface area contributed by atoms with E-state index in [2.05, 4.69) is 30.4 Å². The van der Waals surface area contributed by atoms with Gasteiger partial charge in [0.1, 0.15) is 0 Å². The highest BCUT2D eigenvalue weighted by Crippen LogP contribution is 2.24. The van der Waals surface area contributed by atoms with Gasteiger partial charge in [0.05, 0.1) is 12.0 Å². The van der Waals surface area contributed by atoms with Crippen molar-refractivity contribution in [2.45, 2.75) is 51.6 Å². The number of rotatable bonds is 3. The predicted octanol–water partition coefficient (Wildman–Crippen LogP) is 2.69. The molecule has 0 aliphatic heterocycles. The SMILES string of the molecule is Cc1cccc([C@H](C)NC(=O)C2CCCCC2N)c1. The highest BCUT2D eigenvalue weighted by atomic mass is 16.2. The van der Waals surface area contributed by atoms with Gasteiger partial charge in [-0.3, -0.25) is 4.79 Å². The number of aryl methyl sites for hydroxylation is 1. The maximum Gasteiger partial charge on any atom is 0.225 e. The molecule has 2 unspecified atom stereocenters. The van der Waals surface area contributed by atoms with Crippen LogP contribution in [0.5, 0.6) is 0 Å². The Morgan fingerprint density at radius 1 is 1.37 bits per heavy atom. The van der Waals surface area contributed by atoms with Crippen molar-refractivity contribution in [3.8, 4) is 0 Å². The molecule has 1 aliphatic carbocycles. The second-order valence-corrected chi connectivity index (χ2v) is 5.70. The van der Waals surface area contributed by atoms with Crippen LogP contribution in [0.1, 0.15) is 49.8 Å². The summed E-state index contributed by atoms with van der Waals surface area (Å²) in [6.07, 6.45) is 4.16. The lowest BCUT2D eigenvalue weighted by molar-refractivity contribution is -0.127. The van der Waals surface area contributed by atoms with Gasteiger partial charge >= 0.3 is 0 Å². The zero-order valence-electron chi connectivity index (χ0n) is 11.9. The highest BCUT2D eigenvalue weighted by Gasteiger charge is 2.28. The molecule has 1 aliphatic rings. The largest absolute Gasteiger partial charge is 0.349 e. The minimum Gasteiger partial charge on any atom is -0.349 e. The van der Waals surface area contributed by atoms with E-state index in [-0.39, 0.29) is 23.9 Å². The van der Waals surface area contributed by atoms with E-state index in [0.29, 0.717) is 0 Å². The van der Waals surface area contributed by atoms with Crippen LogP contribution in [-0.2, 0) is 4.79 Å². The lowest BCUT2D eigenvalue weighted by atomic mass is 9.84. The maximum atomic E-state index is 12.3. The van der Waals surface area contributed by atoms with Crippen molar-refractivity contribution >= 4 is 5.91 Å². The Kier molecular flexibility index (Phi) is 4.59. The van der Waals surface area contributed by atoms with Crippen molar-refractivity contribution < 1.29 is 4.79 Å². The molecule has 0 radical (unpaired) electrons. The van der Waals surface area contributed by atoms with Gasteiger partial charge in [-0.1, -0.05) is 42.7 Å². The molecule has 3 N–H and O–H groups in total. The molecule has 1 saturated carbocycles. The number of carbonyl (C=O) groups excluding carboxylic acids is 1. The standard InChI is InChI=1S/C16H24N2O/c1-11-6-5-7-13(10-11)12(2)18-16(19)14-8-3-4-9-15(14)17/h5-7,10,12,14-15H,3-4,8-9,17H2,1-2H3,(H,18,19)/t12-,14?,15?/m0/s1. The Morgan fingerprint density at radius 2 is 2.11 bits per heavy atom. The average Bonchev–Trinajstić information content (AvgIpc) is 2.39. The molecule has 1 amide bonds. The lowest BCUT2D eigenvalue weighted by Gasteiger charge is -2.28. The fraction of sp³-hybridized carbons (Fsp3) is 0.562. The molecule has 3 nitrogen and oxygen atoms in total. The molecular weight excluding hydrogens is 236 g/mol. The van der Waals surface area contributed by atoms with Crippen molar-refractivity contribution in [1.82, 2.24) is 5.32 Å². The van der Waals surface area contributed by atoms with Gasteiger partial charge in [0, 0.05) is 6.04 Å². The summed E-state index contributed by atoms with van der Waals surface area (Å²) in [5, 5.41) is 3.10. The van der Waals surface area contributed by atoms with Crippen LogP contribution in [0.2, 0.25) is 0 Å². The minimum atomic E-state index is -0.0130. The Hall–Kier alpha value is -1.35. The zero-order chi connectivity index (χ0) is 13.8. The summed E-state index contributed by atoms with van der Waals surface area (Å²) in [7, 11) is 0. The number of nitrogens with two attached hydrogens (primary N) is 1. The van der Waals surface area contributed by atoms with Crippen molar-refractivity contribution in [3.63, 3.8) is 0 Å². The van der Waals surface area contributed by atoms with Crippen LogP contribution in [0, 0.1) is 12.8 Å². The number of amides is 1. The molecule has 3 heteroatoms. The van der Waals surface area contributed by atoms with Gasteiger partial charge in [-0.2, -0.15) is 0 Å². The number of nitrogens with one attached hydrogen (secondary N) is 1. The van der Waals surface area contributed by atoms with E-state index in [1.807, 2.05) is 13.0 Å². The molecule has 19 heavy (non-hydrogen) atoms. The smallest absolute Gasteiger partial charge is 0.225 e. The first kappa shape index (κ1) is 14.1. The number of carbonyl (C=O) groups is 1. The highest BCUT2D eigenvalue weighted by molar-refractivity contribution is 5.79. The summed E-state index contributed by atoms with van der Waals surface area (Å²) in [6, 6.07) is 8.33. The normalized spacial score (nSPS) is 24.8. The average molecular weight is 260 g/mol. The number of hydrogen-bond donors (Lipinski definition) is 2. The molecule has 1 aromatic rings. The van der Waals surface area contributed by atoms with Crippen LogP contribution < -0.4 is 11.1 Å². The summed E-state index contributed by atoms with van der Waals surface area (Å²) in [5.41, 5.74) is 8.42. The van der Waals surface area contributed by atoms with Crippen molar-refractivity contribution in [3.05, 3.63) is 35.4 Å². The van der Waals surface area contributed by atoms with E-state index in [0.717, 1.165) is 31.2 Å². The molecule has 104 valence electrons. The Balaban J connectivity index is 1.98. The van der Waals surface area contributed by atoms with Crippen LogP contribution in [0.25, 0.3) is 0 Å².